The molecular weight excluding hydrogens is 190 g/mol. The van der Waals surface area contributed by atoms with E-state index in [-0.39, 0.29) is 0 Å². The van der Waals surface area contributed by atoms with E-state index in [1.54, 1.807) is 6.08 Å². The van der Waals surface area contributed by atoms with Gasteiger partial charge >= 0.3 is 5.97 Å². The first kappa shape index (κ1) is 10.3. The van der Waals surface area contributed by atoms with E-state index >= 15 is 0 Å². The first-order valence-electron chi connectivity index (χ1n) is 4.13. The van der Waals surface area contributed by atoms with Crippen LogP contribution >= 0.6 is 11.6 Å². The molecule has 0 heterocycles. The number of nitrogens with two attached hydrogens (primary N) is 1. The van der Waals surface area contributed by atoms with Crippen LogP contribution in [0.1, 0.15) is 19.3 Å². The zero-order valence-corrected chi connectivity index (χ0v) is 7.92. The quantitative estimate of drug-likeness (QED) is 0.730. The minimum atomic E-state index is -0.976. The topological polar surface area (TPSA) is 63.3 Å². The van der Waals surface area contributed by atoms with Gasteiger partial charge in [-0.05, 0) is 30.9 Å². The molecule has 72 valence electrons. The molecule has 0 aliphatic heterocycles. The van der Waals surface area contributed by atoms with Crippen LogP contribution in [0.4, 0.5) is 0 Å². The molecule has 3 nitrogen and oxygen atoms in total. The number of carbonyl (C=O) groups is 1. The van der Waals surface area contributed by atoms with Gasteiger partial charge in [-0.2, -0.15) is 0 Å². The third-order valence-electron chi connectivity index (χ3n) is 1.90. The van der Waals surface area contributed by atoms with Gasteiger partial charge in [-0.1, -0.05) is 17.7 Å². The molecule has 0 aromatic rings. The summed E-state index contributed by atoms with van der Waals surface area (Å²) < 4.78 is 0. The summed E-state index contributed by atoms with van der Waals surface area (Å²) in [7, 11) is 0. The normalized spacial score (nSPS) is 18.9. The molecule has 13 heavy (non-hydrogen) atoms. The molecule has 1 unspecified atom stereocenters. The van der Waals surface area contributed by atoms with Crippen LogP contribution in [-0.4, -0.2) is 17.1 Å². The van der Waals surface area contributed by atoms with Crippen molar-refractivity contribution in [1.82, 2.24) is 0 Å². The Hall–Kier alpha value is -0.800. The lowest BCUT2D eigenvalue weighted by Crippen LogP contribution is -2.30. The number of aliphatic carboxylic acids is 1. The van der Waals surface area contributed by atoms with Gasteiger partial charge in [-0.15, -0.1) is 0 Å². The van der Waals surface area contributed by atoms with Crippen LogP contribution in [0, 0.1) is 0 Å². The Morgan fingerprint density at radius 2 is 2.46 bits per heavy atom. The molecule has 4 heteroatoms. The second-order valence-corrected chi connectivity index (χ2v) is 3.54. The second kappa shape index (κ2) is 4.44. The summed E-state index contributed by atoms with van der Waals surface area (Å²) in [6, 6.07) is -0.829. The Balaban J connectivity index is 2.55. The fourth-order valence-corrected chi connectivity index (χ4v) is 1.46. The predicted octanol–water partition coefficient (Wildman–Crippen LogP) is 1.63. The van der Waals surface area contributed by atoms with Gasteiger partial charge in [0.15, 0.2) is 0 Å². The summed E-state index contributed by atoms with van der Waals surface area (Å²) in [5, 5.41) is 9.35. The summed E-state index contributed by atoms with van der Waals surface area (Å²) >= 11 is 5.81. The molecule has 3 N–H and O–H groups in total. The van der Waals surface area contributed by atoms with E-state index in [9.17, 15) is 4.79 Å². The summed E-state index contributed by atoms with van der Waals surface area (Å²) in [5.41, 5.74) is 6.30. The molecule has 0 aromatic heterocycles. The fraction of sp³-hybridized carbons (Fsp3) is 0.444. The lowest BCUT2D eigenvalue weighted by molar-refractivity contribution is -0.138. The van der Waals surface area contributed by atoms with Crippen molar-refractivity contribution in [3.63, 3.8) is 0 Å². The van der Waals surface area contributed by atoms with E-state index in [1.807, 2.05) is 6.08 Å². The van der Waals surface area contributed by atoms with Crippen LogP contribution in [0.3, 0.4) is 0 Å². The van der Waals surface area contributed by atoms with Crippen molar-refractivity contribution in [2.75, 3.05) is 0 Å². The van der Waals surface area contributed by atoms with Crippen molar-refractivity contribution in [1.29, 1.82) is 0 Å². The van der Waals surface area contributed by atoms with Gasteiger partial charge in [-0.3, -0.25) is 4.79 Å². The molecule has 1 aliphatic rings. The molecule has 0 aromatic carbocycles. The molecule has 0 bridgehead atoms. The number of allylic oxidation sites excluding steroid dienone is 3. The summed E-state index contributed by atoms with van der Waals surface area (Å²) in [5.74, 6) is -0.976. The zero-order chi connectivity index (χ0) is 9.84. The van der Waals surface area contributed by atoms with Crippen molar-refractivity contribution >= 4 is 17.6 Å². The van der Waals surface area contributed by atoms with E-state index in [0.717, 1.165) is 23.4 Å². The third kappa shape index (κ3) is 3.20. The summed E-state index contributed by atoms with van der Waals surface area (Å²) in [4.78, 5) is 10.4. The first-order valence-corrected chi connectivity index (χ1v) is 4.51. The van der Waals surface area contributed by atoms with E-state index in [4.69, 9.17) is 22.4 Å². The van der Waals surface area contributed by atoms with Crippen molar-refractivity contribution in [3.05, 3.63) is 22.8 Å². The van der Waals surface area contributed by atoms with Gasteiger partial charge in [-0.25, -0.2) is 0 Å². The highest BCUT2D eigenvalue weighted by Crippen LogP contribution is 2.22. The maximum atomic E-state index is 10.4. The summed E-state index contributed by atoms with van der Waals surface area (Å²) in [6.07, 6.45) is 5.85. The van der Waals surface area contributed by atoms with Crippen molar-refractivity contribution in [2.45, 2.75) is 25.3 Å². The second-order valence-electron chi connectivity index (χ2n) is 3.06. The number of rotatable bonds is 3. The zero-order valence-electron chi connectivity index (χ0n) is 7.16. The lowest BCUT2D eigenvalue weighted by atomic mass is 10.0. The van der Waals surface area contributed by atoms with Crippen LogP contribution in [0.15, 0.2) is 22.8 Å². The minimum absolute atomic E-state index is 0.353. The Bertz CT molecular complexity index is 271. The maximum absolute atomic E-state index is 10.4. The highest BCUT2D eigenvalue weighted by Gasteiger charge is 2.14. The van der Waals surface area contributed by atoms with E-state index < -0.39 is 12.0 Å². The van der Waals surface area contributed by atoms with Gasteiger partial charge < -0.3 is 10.8 Å². The van der Waals surface area contributed by atoms with E-state index in [1.165, 1.54) is 0 Å². The molecule has 0 radical (unpaired) electrons. The van der Waals surface area contributed by atoms with Crippen LogP contribution in [-0.2, 0) is 4.79 Å². The predicted molar refractivity (Wildman–Crippen MR) is 51.5 cm³/mol. The fourth-order valence-electron chi connectivity index (χ4n) is 1.21. The van der Waals surface area contributed by atoms with Gasteiger partial charge in [0.25, 0.3) is 0 Å². The van der Waals surface area contributed by atoms with E-state index in [0.29, 0.717) is 6.42 Å². The smallest absolute Gasteiger partial charge is 0.320 e. The number of carboxylic acid groups (broad SMARTS) is 1. The van der Waals surface area contributed by atoms with Gasteiger partial charge in [0.05, 0.1) is 0 Å². The Kier molecular flexibility index (Phi) is 3.51. The average Bonchev–Trinajstić information content (AvgIpc) is 2.04. The minimum Gasteiger partial charge on any atom is -0.480 e. The van der Waals surface area contributed by atoms with Crippen LogP contribution in [0.5, 0.6) is 0 Å². The number of halogens is 1. The average molecular weight is 202 g/mol. The molecule has 1 aliphatic carbocycles. The molecule has 0 spiro atoms. The lowest BCUT2D eigenvalue weighted by Gasteiger charge is -2.11. The van der Waals surface area contributed by atoms with Gasteiger partial charge in [0.2, 0.25) is 0 Å². The molecule has 1 atom stereocenters. The largest absolute Gasteiger partial charge is 0.480 e. The highest BCUT2D eigenvalue weighted by atomic mass is 35.5. The summed E-state index contributed by atoms with van der Waals surface area (Å²) in [6.45, 7) is 0. The van der Waals surface area contributed by atoms with Crippen molar-refractivity contribution in [3.8, 4) is 0 Å². The first-order chi connectivity index (χ1) is 6.09. The Labute approximate surface area is 81.9 Å². The Morgan fingerprint density at radius 1 is 1.77 bits per heavy atom. The third-order valence-corrected chi connectivity index (χ3v) is 2.20. The van der Waals surface area contributed by atoms with Crippen molar-refractivity contribution < 1.29 is 9.90 Å². The van der Waals surface area contributed by atoms with Crippen LogP contribution < -0.4 is 5.73 Å². The molecule has 0 fully saturated rings. The number of carboxylic acids is 1. The SMILES string of the molecule is NC(CC1=CCCC(Cl)=C1)C(=O)O. The standard InChI is InChI=1S/C9H12ClNO2/c10-7-3-1-2-6(4-7)5-8(11)9(12)13/h2,4,8H,1,3,5,11H2,(H,12,13). The molecule has 1 rings (SSSR count). The monoisotopic (exact) mass is 201 g/mol. The number of hydrogen-bond donors (Lipinski definition) is 2. The number of hydrogen-bond acceptors (Lipinski definition) is 2. The molecule has 0 saturated heterocycles. The molecule has 0 amide bonds. The van der Waals surface area contributed by atoms with Gasteiger partial charge in [0.1, 0.15) is 6.04 Å². The Morgan fingerprint density at radius 3 is 3.00 bits per heavy atom. The van der Waals surface area contributed by atoms with Gasteiger partial charge in [0, 0.05) is 5.03 Å². The van der Waals surface area contributed by atoms with E-state index in [2.05, 4.69) is 0 Å². The van der Waals surface area contributed by atoms with Crippen LogP contribution in [0.25, 0.3) is 0 Å². The van der Waals surface area contributed by atoms with Crippen LogP contribution in [0.2, 0.25) is 0 Å². The highest BCUT2D eigenvalue weighted by molar-refractivity contribution is 6.29. The van der Waals surface area contributed by atoms with Crippen molar-refractivity contribution in [2.24, 2.45) is 5.73 Å². The molecular formula is C9H12ClNO2. The molecule has 0 saturated carbocycles. The maximum Gasteiger partial charge on any atom is 0.320 e.